The number of amides is 1. The van der Waals surface area contributed by atoms with Crippen LogP contribution in [0.15, 0.2) is 53.8 Å². The minimum absolute atomic E-state index is 0.116. The average Bonchev–Trinajstić information content (AvgIpc) is 2.58. The van der Waals surface area contributed by atoms with Crippen molar-refractivity contribution in [3.05, 3.63) is 65.7 Å². The second-order valence-corrected chi connectivity index (χ2v) is 4.80. The van der Waals surface area contributed by atoms with Gasteiger partial charge < -0.3 is 4.74 Å². The summed E-state index contributed by atoms with van der Waals surface area (Å²) in [5.41, 5.74) is 1.10. The fourth-order valence-electron chi connectivity index (χ4n) is 1.77. The summed E-state index contributed by atoms with van der Waals surface area (Å²) in [4.78, 5) is 20.4. The summed E-state index contributed by atoms with van der Waals surface area (Å²) in [5, 5.41) is 2.57. The highest BCUT2D eigenvalue weighted by Crippen LogP contribution is 2.04. The summed E-state index contributed by atoms with van der Waals surface area (Å²) in [7, 11) is 0. The zero-order valence-electron chi connectivity index (χ0n) is 12.8. The predicted molar refractivity (Wildman–Crippen MR) is 85.5 cm³/mol. The molecule has 0 unspecified atom stereocenters. The molecule has 0 radical (unpaired) electrons. The van der Waals surface area contributed by atoms with Crippen LogP contribution in [-0.2, 0) is 11.3 Å². The molecule has 0 fully saturated rings. The van der Waals surface area contributed by atoms with Gasteiger partial charge in [-0.25, -0.2) is 9.38 Å². The van der Waals surface area contributed by atoms with E-state index in [1.165, 1.54) is 18.2 Å². The molecule has 2 aromatic rings. The molecule has 0 saturated carbocycles. The van der Waals surface area contributed by atoms with Gasteiger partial charge in [0.1, 0.15) is 5.82 Å². The van der Waals surface area contributed by atoms with Gasteiger partial charge >= 0.3 is 0 Å². The first-order valence-corrected chi connectivity index (χ1v) is 7.32. The molecule has 0 spiro atoms. The van der Waals surface area contributed by atoms with Crippen molar-refractivity contribution in [2.24, 2.45) is 4.99 Å². The first kappa shape index (κ1) is 16.6. The van der Waals surface area contributed by atoms with Crippen LogP contribution in [0.25, 0.3) is 0 Å². The van der Waals surface area contributed by atoms with Crippen LogP contribution in [0.2, 0.25) is 0 Å². The molecular weight excluding hydrogens is 297 g/mol. The SMILES string of the molecule is CCCOC(=NCc1cccnc1)NC(=O)c1cccc(F)c1. The minimum atomic E-state index is -0.471. The molecule has 0 aliphatic rings. The summed E-state index contributed by atoms with van der Waals surface area (Å²) in [5.74, 6) is -0.938. The number of hydrogen-bond acceptors (Lipinski definition) is 4. The van der Waals surface area contributed by atoms with Crippen molar-refractivity contribution in [2.45, 2.75) is 19.9 Å². The van der Waals surface area contributed by atoms with Gasteiger partial charge in [-0.3, -0.25) is 15.1 Å². The monoisotopic (exact) mass is 315 g/mol. The van der Waals surface area contributed by atoms with E-state index < -0.39 is 11.7 Å². The maximum Gasteiger partial charge on any atom is 0.292 e. The number of carbonyl (C=O) groups excluding carboxylic acids is 1. The Morgan fingerprint density at radius 3 is 2.91 bits per heavy atom. The smallest absolute Gasteiger partial charge is 0.292 e. The summed E-state index contributed by atoms with van der Waals surface area (Å²) < 4.78 is 18.6. The molecule has 1 aromatic carbocycles. The van der Waals surface area contributed by atoms with Gasteiger partial charge in [0.15, 0.2) is 0 Å². The molecule has 120 valence electrons. The van der Waals surface area contributed by atoms with Crippen LogP contribution in [-0.4, -0.2) is 23.5 Å². The third kappa shape index (κ3) is 5.50. The lowest BCUT2D eigenvalue weighted by Crippen LogP contribution is -2.33. The molecule has 1 N–H and O–H groups in total. The van der Waals surface area contributed by atoms with E-state index in [1.807, 2.05) is 19.1 Å². The van der Waals surface area contributed by atoms with Gasteiger partial charge in [-0.15, -0.1) is 0 Å². The Bertz CT molecular complexity index is 675. The van der Waals surface area contributed by atoms with Crippen LogP contribution in [0.1, 0.15) is 29.3 Å². The van der Waals surface area contributed by atoms with E-state index in [1.54, 1.807) is 12.4 Å². The molecule has 0 aliphatic carbocycles. The van der Waals surface area contributed by atoms with Gasteiger partial charge in [0, 0.05) is 18.0 Å². The van der Waals surface area contributed by atoms with Crippen LogP contribution in [0, 0.1) is 5.82 Å². The van der Waals surface area contributed by atoms with Gasteiger partial charge in [-0.1, -0.05) is 19.1 Å². The number of aromatic nitrogens is 1. The normalized spacial score (nSPS) is 11.1. The molecule has 0 atom stereocenters. The van der Waals surface area contributed by atoms with Gasteiger partial charge in [-0.05, 0) is 36.2 Å². The van der Waals surface area contributed by atoms with Crippen molar-refractivity contribution in [2.75, 3.05) is 6.61 Å². The predicted octanol–water partition coefficient (Wildman–Crippen LogP) is 2.93. The largest absolute Gasteiger partial charge is 0.465 e. The van der Waals surface area contributed by atoms with Crippen molar-refractivity contribution in [1.82, 2.24) is 10.3 Å². The number of nitrogens with one attached hydrogen (secondary N) is 1. The fourth-order valence-corrected chi connectivity index (χ4v) is 1.77. The molecule has 1 amide bonds. The number of pyridine rings is 1. The van der Waals surface area contributed by atoms with Crippen LogP contribution < -0.4 is 5.32 Å². The van der Waals surface area contributed by atoms with Crippen LogP contribution in [0.4, 0.5) is 4.39 Å². The number of halogens is 1. The van der Waals surface area contributed by atoms with Crippen LogP contribution >= 0.6 is 0 Å². The molecular formula is C17H18FN3O2. The zero-order valence-corrected chi connectivity index (χ0v) is 12.8. The Morgan fingerprint density at radius 2 is 2.22 bits per heavy atom. The number of benzene rings is 1. The van der Waals surface area contributed by atoms with E-state index in [-0.39, 0.29) is 11.6 Å². The highest BCUT2D eigenvalue weighted by Gasteiger charge is 2.10. The number of nitrogens with zero attached hydrogens (tertiary/aromatic N) is 2. The van der Waals surface area contributed by atoms with Crippen LogP contribution in [0.5, 0.6) is 0 Å². The number of carbonyl (C=O) groups is 1. The summed E-state index contributed by atoms with van der Waals surface area (Å²) in [6.07, 6.45) is 4.14. The molecule has 1 aromatic heterocycles. The molecule has 0 saturated heterocycles. The van der Waals surface area contributed by atoms with Gasteiger partial charge in [0.25, 0.3) is 11.9 Å². The lowest BCUT2D eigenvalue weighted by atomic mass is 10.2. The Labute approximate surface area is 134 Å². The summed E-state index contributed by atoms with van der Waals surface area (Å²) in [6.45, 7) is 2.71. The summed E-state index contributed by atoms with van der Waals surface area (Å²) in [6, 6.07) is 9.24. The van der Waals surface area contributed by atoms with E-state index in [2.05, 4.69) is 15.3 Å². The number of hydrogen-bond donors (Lipinski definition) is 1. The number of ether oxygens (including phenoxy) is 1. The molecule has 0 bridgehead atoms. The van der Waals surface area contributed by atoms with Crippen molar-refractivity contribution >= 4 is 11.9 Å². The first-order chi connectivity index (χ1) is 11.2. The Kier molecular flexibility index (Phi) is 6.23. The molecule has 1 heterocycles. The van der Waals surface area contributed by atoms with E-state index in [0.29, 0.717) is 13.2 Å². The minimum Gasteiger partial charge on any atom is -0.465 e. The fraction of sp³-hybridized carbons (Fsp3) is 0.235. The lowest BCUT2D eigenvalue weighted by molar-refractivity contribution is 0.0965. The van der Waals surface area contributed by atoms with Gasteiger partial charge in [0.2, 0.25) is 0 Å². The van der Waals surface area contributed by atoms with E-state index in [9.17, 15) is 9.18 Å². The number of aliphatic imine (C=N–C) groups is 1. The Morgan fingerprint density at radius 1 is 1.35 bits per heavy atom. The van der Waals surface area contributed by atoms with Crippen molar-refractivity contribution < 1.29 is 13.9 Å². The number of amidine groups is 1. The third-order valence-corrected chi connectivity index (χ3v) is 2.88. The Hall–Kier alpha value is -2.76. The average molecular weight is 315 g/mol. The zero-order chi connectivity index (χ0) is 16.5. The second-order valence-electron chi connectivity index (χ2n) is 4.80. The van der Waals surface area contributed by atoms with Gasteiger partial charge in [0.05, 0.1) is 13.2 Å². The van der Waals surface area contributed by atoms with E-state index >= 15 is 0 Å². The maximum absolute atomic E-state index is 13.2. The third-order valence-electron chi connectivity index (χ3n) is 2.88. The van der Waals surface area contributed by atoms with Gasteiger partial charge in [-0.2, -0.15) is 0 Å². The van der Waals surface area contributed by atoms with Crippen molar-refractivity contribution in [1.29, 1.82) is 0 Å². The lowest BCUT2D eigenvalue weighted by Gasteiger charge is -2.10. The topological polar surface area (TPSA) is 63.6 Å². The molecule has 2 rings (SSSR count). The van der Waals surface area contributed by atoms with E-state index in [0.717, 1.165) is 18.1 Å². The quantitative estimate of drug-likeness (QED) is 0.681. The second kappa shape index (κ2) is 8.63. The number of rotatable bonds is 5. The first-order valence-electron chi connectivity index (χ1n) is 7.32. The standard InChI is InChI=1S/C17H18FN3O2/c1-2-9-23-17(20-12-13-5-4-8-19-11-13)21-16(22)14-6-3-7-15(18)10-14/h3-8,10-11H,2,9,12H2,1H3,(H,20,21,22). The van der Waals surface area contributed by atoms with Crippen molar-refractivity contribution in [3.8, 4) is 0 Å². The molecule has 23 heavy (non-hydrogen) atoms. The highest BCUT2D eigenvalue weighted by atomic mass is 19.1. The van der Waals surface area contributed by atoms with Crippen LogP contribution in [0.3, 0.4) is 0 Å². The van der Waals surface area contributed by atoms with Crippen molar-refractivity contribution in [3.63, 3.8) is 0 Å². The Balaban J connectivity index is 2.07. The molecule has 5 nitrogen and oxygen atoms in total. The highest BCUT2D eigenvalue weighted by molar-refractivity contribution is 6.04. The summed E-state index contributed by atoms with van der Waals surface area (Å²) >= 11 is 0. The maximum atomic E-state index is 13.2. The molecule has 6 heteroatoms. The molecule has 0 aliphatic heterocycles. The van der Waals surface area contributed by atoms with E-state index in [4.69, 9.17) is 4.74 Å².